The molecule has 0 spiro atoms. The molecule has 2 rings (SSSR count). The maximum atomic E-state index is 11.6. The Balaban J connectivity index is 2.42. The van der Waals surface area contributed by atoms with Crippen LogP contribution in [0.2, 0.25) is 10.2 Å². The van der Waals surface area contributed by atoms with Gasteiger partial charge in [-0.25, -0.2) is 4.98 Å². The van der Waals surface area contributed by atoms with E-state index in [9.17, 15) is 4.79 Å². The summed E-state index contributed by atoms with van der Waals surface area (Å²) in [5, 5.41) is 0.612. The Kier molecular flexibility index (Phi) is 2.26. The highest BCUT2D eigenvalue weighted by Gasteiger charge is 2.33. The van der Waals surface area contributed by atoms with Crippen LogP contribution in [0.3, 0.4) is 0 Å². The number of carbonyl (C=O) groups excluding carboxylic acids is 1. The van der Waals surface area contributed by atoms with Gasteiger partial charge in [-0.2, -0.15) is 0 Å². The summed E-state index contributed by atoms with van der Waals surface area (Å²) in [5.74, 6) is 0.155. The van der Waals surface area contributed by atoms with Crippen LogP contribution in [-0.4, -0.2) is 10.8 Å². The smallest absolute Gasteiger partial charge is 0.170 e. The highest BCUT2D eigenvalue weighted by Crippen LogP contribution is 2.36. The third-order valence-corrected chi connectivity index (χ3v) is 2.65. The fourth-order valence-corrected chi connectivity index (χ4v) is 1.72. The normalized spacial score (nSPS) is 15.8. The molecule has 1 heterocycles. The van der Waals surface area contributed by atoms with Gasteiger partial charge in [0.15, 0.2) is 5.78 Å². The van der Waals surface area contributed by atoms with Crippen molar-refractivity contribution in [3.05, 3.63) is 28.0 Å². The van der Waals surface area contributed by atoms with Crippen LogP contribution in [0, 0.1) is 5.92 Å². The number of rotatable bonds is 2. The minimum Gasteiger partial charge on any atom is -0.294 e. The van der Waals surface area contributed by atoms with E-state index in [-0.39, 0.29) is 16.9 Å². The molecule has 0 N–H and O–H groups in total. The standard InChI is InChI=1S/C9H7Cl2NO/c10-6-3-4-12-9(11)7(6)8(13)5-1-2-5/h3-5H,1-2H2. The first kappa shape index (κ1) is 8.97. The lowest BCUT2D eigenvalue weighted by molar-refractivity contribution is 0.0967. The van der Waals surface area contributed by atoms with Gasteiger partial charge in [-0.1, -0.05) is 23.2 Å². The van der Waals surface area contributed by atoms with Crippen molar-refractivity contribution in [1.29, 1.82) is 0 Å². The quantitative estimate of drug-likeness (QED) is 0.561. The number of ketones is 1. The van der Waals surface area contributed by atoms with Crippen molar-refractivity contribution in [3.63, 3.8) is 0 Å². The number of carbonyl (C=O) groups is 1. The minimum absolute atomic E-state index is 0.0306. The van der Waals surface area contributed by atoms with Gasteiger partial charge in [0.1, 0.15) is 5.15 Å². The summed E-state index contributed by atoms with van der Waals surface area (Å²) in [6.45, 7) is 0. The highest BCUT2D eigenvalue weighted by molar-refractivity contribution is 6.39. The van der Waals surface area contributed by atoms with E-state index in [1.165, 1.54) is 6.20 Å². The van der Waals surface area contributed by atoms with Crippen LogP contribution in [0.4, 0.5) is 0 Å². The second kappa shape index (κ2) is 3.28. The summed E-state index contributed by atoms with van der Waals surface area (Å²) in [4.78, 5) is 15.5. The fourth-order valence-electron chi connectivity index (χ4n) is 1.18. The van der Waals surface area contributed by atoms with Crippen molar-refractivity contribution in [2.75, 3.05) is 0 Å². The zero-order valence-corrected chi connectivity index (χ0v) is 8.27. The second-order valence-corrected chi connectivity index (χ2v) is 3.86. The van der Waals surface area contributed by atoms with E-state index in [4.69, 9.17) is 23.2 Å². The van der Waals surface area contributed by atoms with Gasteiger partial charge in [0.05, 0.1) is 10.6 Å². The third-order valence-electron chi connectivity index (χ3n) is 2.05. The summed E-state index contributed by atoms with van der Waals surface area (Å²) >= 11 is 11.6. The molecule has 1 aromatic rings. The third kappa shape index (κ3) is 1.69. The first-order valence-electron chi connectivity index (χ1n) is 4.04. The Morgan fingerprint density at radius 1 is 1.46 bits per heavy atom. The molecule has 4 heteroatoms. The van der Waals surface area contributed by atoms with E-state index in [1.54, 1.807) is 6.07 Å². The fraction of sp³-hybridized carbons (Fsp3) is 0.333. The number of nitrogens with zero attached hydrogens (tertiary/aromatic N) is 1. The summed E-state index contributed by atoms with van der Waals surface area (Å²) < 4.78 is 0. The van der Waals surface area contributed by atoms with Gasteiger partial charge in [-0.05, 0) is 18.9 Å². The number of pyridine rings is 1. The molecule has 1 aliphatic carbocycles. The number of halogens is 2. The van der Waals surface area contributed by atoms with Gasteiger partial charge in [-0.15, -0.1) is 0 Å². The van der Waals surface area contributed by atoms with Crippen molar-refractivity contribution < 1.29 is 4.79 Å². The predicted molar refractivity (Wildman–Crippen MR) is 51.3 cm³/mol. The maximum absolute atomic E-state index is 11.6. The number of Topliss-reactive ketones (excluding diaryl/α,β-unsaturated/α-hetero) is 1. The molecule has 0 amide bonds. The molecule has 0 unspecified atom stereocenters. The molecular formula is C9H7Cl2NO. The number of hydrogen-bond donors (Lipinski definition) is 0. The van der Waals surface area contributed by atoms with Crippen molar-refractivity contribution in [2.45, 2.75) is 12.8 Å². The van der Waals surface area contributed by atoms with Gasteiger partial charge in [-0.3, -0.25) is 4.79 Å². The van der Waals surface area contributed by atoms with Crippen molar-refractivity contribution in [1.82, 2.24) is 4.98 Å². The van der Waals surface area contributed by atoms with E-state index in [2.05, 4.69) is 4.98 Å². The molecule has 1 saturated carbocycles. The summed E-state index contributed by atoms with van der Waals surface area (Å²) in [6.07, 6.45) is 3.38. The van der Waals surface area contributed by atoms with E-state index in [0.29, 0.717) is 10.6 Å². The van der Waals surface area contributed by atoms with Crippen LogP contribution in [0.15, 0.2) is 12.3 Å². The summed E-state index contributed by atoms with van der Waals surface area (Å²) in [6, 6.07) is 1.59. The largest absolute Gasteiger partial charge is 0.294 e. The van der Waals surface area contributed by atoms with E-state index < -0.39 is 0 Å². The molecule has 0 aromatic carbocycles. The van der Waals surface area contributed by atoms with E-state index in [0.717, 1.165) is 12.8 Å². The molecule has 68 valence electrons. The summed E-state index contributed by atoms with van der Waals surface area (Å²) in [5.41, 5.74) is 0.383. The van der Waals surface area contributed by atoms with Gasteiger partial charge < -0.3 is 0 Å². The Morgan fingerprint density at radius 3 is 2.69 bits per heavy atom. The lowest BCUT2D eigenvalue weighted by Crippen LogP contribution is -2.04. The minimum atomic E-state index is 0.0306. The van der Waals surface area contributed by atoms with Crippen LogP contribution in [-0.2, 0) is 0 Å². The molecule has 1 aliphatic rings. The van der Waals surface area contributed by atoms with E-state index >= 15 is 0 Å². The van der Waals surface area contributed by atoms with Crippen LogP contribution in [0.5, 0.6) is 0 Å². The molecule has 0 bridgehead atoms. The number of hydrogen-bond acceptors (Lipinski definition) is 2. The Bertz CT molecular complexity index is 340. The Labute approximate surface area is 85.9 Å². The lowest BCUT2D eigenvalue weighted by atomic mass is 10.1. The van der Waals surface area contributed by atoms with Crippen LogP contribution in [0.25, 0.3) is 0 Å². The zero-order chi connectivity index (χ0) is 9.42. The van der Waals surface area contributed by atoms with Crippen molar-refractivity contribution in [2.24, 2.45) is 5.92 Å². The molecule has 1 fully saturated rings. The molecule has 2 nitrogen and oxygen atoms in total. The van der Waals surface area contributed by atoms with Crippen molar-refractivity contribution >= 4 is 29.0 Å². The van der Waals surface area contributed by atoms with Gasteiger partial charge in [0.2, 0.25) is 0 Å². The SMILES string of the molecule is O=C(c1c(Cl)ccnc1Cl)C1CC1. The monoisotopic (exact) mass is 215 g/mol. The number of aromatic nitrogens is 1. The van der Waals surface area contributed by atoms with Crippen molar-refractivity contribution in [3.8, 4) is 0 Å². The second-order valence-electron chi connectivity index (χ2n) is 3.10. The van der Waals surface area contributed by atoms with Crippen LogP contribution >= 0.6 is 23.2 Å². The average molecular weight is 216 g/mol. The first-order chi connectivity index (χ1) is 6.20. The average Bonchev–Trinajstić information content (AvgIpc) is 2.85. The highest BCUT2D eigenvalue weighted by atomic mass is 35.5. The van der Waals surface area contributed by atoms with Crippen LogP contribution < -0.4 is 0 Å². The zero-order valence-electron chi connectivity index (χ0n) is 6.76. The molecule has 0 atom stereocenters. The van der Waals surface area contributed by atoms with E-state index in [1.807, 2.05) is 0 Å². The molecule has 1 aromatic heterocycles. The maximum Gasteiger partial charge on any atom is 0.170 e. The first-order valence-corrected chi connectivity index (χ1v) is 4.80. The Morgan fingerprint density at radius 2 is 2.15 bits per heavy atom. The Hall–Kier alpha value is -0.600. The van der Waals surface area contributed by atoms with Gasteiger partial charge >= 0.3 is 0 Å². The lowest BCUT2D eigenvalue weighted by Gasteiger charge is -2.02. The molecule has 13 heavy (non-hydrogen) atoms. The summed E-state index contributed by atoms with van der Waals surface area (Å²) in [7, 11) is 0. The van der Waals surface area contributed by atoms with Gasteiger partial charge in [0, 0.05) is 12.1 Å². The van der Waals surface area contributed by atoms with Crippen LogP contribution in [0.1, 0.15) is 23.2 Å². The molecule has 0 aliphatic heterocycles. The van der Waals surface area contributed by atoms with Gasteiger partial charge in [0.25, 0.3) is 0 Å². The topological polar surface area (TPSA) is 30.0 Å². The molecule has 0 radical (unpaired) electrons. The predicted octanol–water partition coefficient (Wildman–Crippen LogP) is 2.98. The molecule has 0 saturated heterocycles. The molecular weight excluding hydrogens is 209 g/mol.